The van der Waals surface area contributed by atoms with Crippen LogP contribution in [0.15, 0.2) is 12.1 Å². The molecule has 0 aromatic carbocycles. The lowest BCUT2D eigenvalue weighted by atomic mass is 9.83. The third-order valence-electron chi connectivity index (χ3n) is 3.62. The predicted octanol–water partition coefficient (Wildman–Crippen LogP) is 2.06. The molecule has 1 fully saturated rings. The molecule has 1 aliphatic heterocycles. The molecule has 0 spiro atoms. The van der Waals surface area contributed by atoms with Crippen LogP contribution in [0.3, 0.4) is 0 Å². The lowest BCUT2D eigenvalue weighted by Gasteiger charge is -2.25. The van der Waals surface area contributed by atoms with Crippen molar-refractivity contribution in [2.45, 2.75) is 33.2 Å². The monoisotopic (exact) mass is 252 g/mol. The Hall–Kier alpha value is -0.870. The van der Waals surface area contributed by atoms with Gasteiger partial charge in [-0.3, -0.25) is 4.79 Å². The number of rotatable bonds is 4. The lowest BCUT2D eigenvalue weighted by Crippen LogP contribution is -2.41. The van der Waals surface area contributed by atoms with E-state index in [9.17, 15) is 4.79 Å². The van der Waals surface area contributed by atoms with E-state index in [1.54, 1.807) is 11.3 Å². The summed E-state index contributed by atoms with van der Waals surface area (Å²) in [5.74, 6) is 0.205. The summed E-state index contributed by atoms with van der Waals surface area (Å²) in [5.41, 5.74) is -0.174. The number of thiophene rings is 1. The fraction of sp³-hybridized carbons (Fsp3) is 0.615. The molecule has 1 saturated heterocycles. The van der Waals surface area contributed by atoms with E-state index in [0.29, 0.717) is 6.54 Å². The zero-order valence-electron chi connectivity index (χ0n) is 10.5. The van der Waals surface area contributed by atoms with Crippen molar-refractivity contribution in [3.8, 4) is 0 Å². The van der Waals surface area contributed by atoms with Crippen molar-refractivity contribution in [3.05, 3.63) is 21.9 Å². The number of hydrogen-bond acceptors (Lipinski definition) is 3. The summed E-state index contributed by atoms with van der Waals surface area (Å²) in [4.78, 5) is 14.8. The van der Waals surface area contributed by atoms with Crippen LogP contribution in [0.5, 0.6) is 0 Å². The minimum Gasteiger partial charge on any atom is -0.351 e. The Morgan fingerprint density at radius 2 is 2.41 bits per heavy atom. The van der Waals surface area contributed by atoms with Gasteiger partial charge in [0.05, 0.1) is 12.0 Å². The Morgan fingerprint density at radius 3 is 2.94 bits per heavy atom. The second-order valence-electron chi connectivity index (χ2n) is 4.76. The van der Waals surface area contributed by atoms with Crippen molar-refractivity contribution < 1.29 is 4.79 Å². The summed E-state index contributed by atoms with van der Waals surface area (Å²) in [5, 5.41) is 6.37. The van der Waals surface area contributed by atoms with E-state index in [1.807, 2.05) is 0 Å². The fourth-order valence-corrected chi connectivity index (χ4v) is 3.16. The van der Waals surface area contributed by atoms with Gasteiger partial charge >= 0.3 is 0 Å². The molecular formula is C13H20N2OS. The zero-order valence-corrected chi connectivity index (χ0v) is 11.3. The van der Waals surface area contributed by atoms with Gasteiger partial charge in [-0.15, -0.1) is 11.3 Å². The summed E-state index contributed by atoms with van der Waals surface area (Å²) >= 11 is 1.75. The Kier molecular flexibility index (Phi) is 3.84. The molecule has 1 atom stereocenters. The van der Waals surface area contributed by atoms with Crippen LogP contribution >= 0.6 is 11.3 Å². The molecular weight excluding hydrogens is 232 g/mol. The molecule has 94 valence electrons. The molecule has 1 unspecified atom stereocenters. The minimum absolute atomic E-state index is 0.174. The summed E-state index contributed by atoms with van der Waals surface area (Å²) in [6.45, 7) is 6.63. The predicted molar refractivity (Wildman–Crippen MR) is 71.1 cm³/mol. The van der Waals surface area contributed by atoms with Gasteiger partial charge in [-0.2, -0.15) is 0 Å². The second kappa shape index (κ2) is 5.19. The van der Waals surface area contributed by atoms with Crippen LogP contribution in [-0.4, -0.2) is 19.0 Å². The van der Waals surface area contributed by atoms with Gasteiger partial charge in [-0.05, 0) is 38.4 Å². The molecule has 0 aliphatic carbocycles. The largest absolute Gasteiger partial charge is 0.351 e. The molecule has 1 aromatic heterocycles. The first-order valence-corrected chi connectivity index (χ1v) is 7.02. The maximum absolute atomic E-state index is 12.2. The van der Waals surface area contributed by atoms with E-state index in [1.165, 1.54) is 9.75 Å². The van der Waals surface area contributed by atoms with Crippen molar-refractivity contribution in [3.63, 3.8) is 0 Å². The van der Waals surface area contributed by atoms with Crippen LogP contribution in [0, 0.1) is 12.3 Å². The Bertz CT molecular complexity index is 394. The first kappa shape index (κ1) is 12.6. The quantitative estimate of drug-likeness (QED) is 0.861. The summed E-state index contributed by atoms with van der Waals surface area (Å²) < 4.78 is 0. The van der Waals surface area contributed by atoms with E-state index in [2.05, 4.69) is 36.6 Å². The molecule has 1 aromatic rings. The highest BCUT2D eigenvalue weighted by molar-refractivity contribution is 7.11. The molecule has 0 saturated carbocycles. The van der Waals surface area contributed by atoms with Crippen LogP contribution in [0.1, 0.15) is 29.5 Å². The maximum atomic E-state index is 12.2. The van der Waals surface area contributed by atoms with Gasteiger partial charge in [-0.1, -0.05) is 6.92 Å². The van der Waals surface area contributed by atoms with E-state index < -0.39 is 0 Å². The Morgan fingerprint density at radius 1 is 1.59 bits per heavy atom. The normalized spacial score (nSPS) is 23.9. The molecule has 2 heterocycles. The number of carbonyl (C=O) groups excluding carboxylic acids is 1. The van der Waals surface area contributed by atoms with Crippen LogP contribution in [0.25, 0.3) is 0 Å². The van der Waals surface area contributed by atoms with Gasteiger partial charge < -0.3 is 10.6 Å². The highest BCUT2D eigenvalue weighted by Crippen LogP contribution is 2.29. The zero-order chi connectivity index (χ0) is 12.3. The molecule has 2 N–H and O–H groups in total. The Labute approximate surface area is 107 Å². The third-order valence-corrected chi connectivity index (χ3v) is 4.62. The first-order valence-electron chi connectivity index (χ1n) is 6.21. The van der Waals surface area contributed by atoms with Crippen LogP contribution in [0.4, 0.5) is 0 Å². The summed E-state index contributed by atoms with van der Waals surface area (Å²) in [6, 6.07) is 4.19. The van der Waals surface area contributed by atoms with E-state index in [0.717, 1.165) is 25.9 Å². The molecule has 1 aliphatic rings. The molecule has 3 nitrogen and oxygen atoms in total. The first-order chi connectivity index (χ1) is 8.16. The van der Waals surface area contributed by atoms with Crippen molar-refractivity contribution >= 4 is 17.2 Å². The van der Waals surface area contributed by atoms with Crippen molar-refractivity contribution in [2.75, 3.05) is 13.1 Å². The van der Waals surface area contributed by atoms with Crippen molar-refractivity contribution in [1.82, 2.24) is 10.6 Å². The number of aryl methyl sites for hydroxylation is 1. The minimum atomic E-state index is -0.174. The summed E-state index contributed by atoms with van der Waals surface area (Å²) in [7, 11) is 0. The second-order valence-corrected chi connectivity index (χ2v) is 6.13. The highest BCUT2D eigenvalue weighted by Gasteiger charge is 2.39. The molecule has 0 radical (unpaired) electrons. The third kappa shape index (κ3) is 2.69. The molecule has 1 amide bonds. The van der Waals surface area contributed by atoms with Gasteiger partial charge in [0.15, 0.2) is 0 Å². The average Bonchev–Trinajstić information content (AvgIpc) is 2.95. The van der Waals surface area contributed by atoms with Gasteiger partial charge in [-0.25, -0.2) is 0 Å². The van der Waals surface area contributed by atoms with Crippen LogP contribution in [0.2, 0.25) is 0 Å². The SMILES string of the molecule is CCC1(C(=O)NCc2ccc(C)s2)CCNC1. The number of carbonyl (C=O) groups is 1. The standard InChI is InChI=1S/C13H20N2OS/c1-3-13(6-7-14-9-13)12(16)15-8-11-5-4-10(2)17-11/h4-5,14H,3,6-9H2,1-2H3,(H,15,16). The van der Waals surface area contributed by atoms with Crippen LogP contribution in [-0.2, 0) is 11.3 Å². The fourth-order valence-electron chi connectivity index (χ4n) is 2.33. The molecule has 4 heteroatoms. The van der Waals surface area contributed by atoms with Gasteiger partial charge in [0.25, 0.3) is 0 Å². The van der Waals surface area contributed by atoms with Crippen molar-refractivity contribution in [2.24, 2.45) is 5.41 Å². The number of nitrogens with one attached hydrogen (secondary N) is 2. The van der Waals surface area contributed by atoms with Gasteiger partial charge in [0.2, 0.25) is 5.91 Å². The highest BCUT2D eigenvalue weighted by atomic mass is 32.1. The van der Waals surface area contributed by atoms with Crippen molar-refractivity contribution in [1.29, 1.82) is 0 Å². The summed E-state index contributed by atoms with van der Waals surface area (Å²) in [6.07, 6.45) is 1.87. The smallest absolute Gasteiger partial charge is 0.227 e. The topological polar surface area (TPSA) is 41.1 Å². The number of amides is 1. The van der Waals surface area contributed by atoms with Crippen LogP contribution < -0.4 is 10.6 Å². The van der Waals surface area contributed by atoms with Gasteiger partial charge in [0.1, 0.15) is 0 Å². The number of hydrogen-bond donors (Lipinski definition) is 2. The van der Waals surface area contributed by atoms with E-state index >= 15 is 0 Å². The van der Waals surface area contributed by atoms with E-state index in [4.69, 9.17) is 0 Å². The molecule has 2 rings (SSSR count). The van der Waals surface area contributed by atoms with Gasteiger partial charge in [0, 0.05) is 16.3 Å². The molecule has 17 heavy (non-hydrogen) atoms. The van der Waals surface area contributed by atoms with E-state index in [-0.39, 0.29) is 11.3 Å². The Balaban J connectivity index is 1.92. The lowest BCUT2D eigenvalue weighted by molar-refractivity contribution is -0.130. The molecule has 0 bridgehead atoms. The average molecular weight is 252 g/mol. The maximum Gasteiger partial charge on any atom is 0.227 e.